The van der Waals surface area contributed by atoms with E-state index >= 15 is 0 Å². The normalized spacial score (nSPS) is 20.6. The zero-order chi connectivity index (χ0) is 10.1. The van der Waals surface area contributed by atoms with Crippen molar-refractivity contribution in [2.75, 3.05) is 12.8 Å². The van der Waals surface area contributed by atoms with E-state index in [2.05, 4.69) is 24.4 Å². The predicted octanol–water partition coefficient (Wildman–Crippen LogP) is 3.16. The molecular formula is C11H14ClNS. The molecule has 0 radical (unpaired) electrons. The number of halogens is 1. The van der Waals surface area contributed by atoms with Crippen molar-refractivity contribution in [3.63, 3.8) is 0 Å². The van der Waals surface area contributed by atoms with Crippen molar-refractivity contribution in [2.24, 2.45) is 0 Å². The Hall–Kier alpha value is -0.180. The van der Waals surface area contributed by atoms with E-state index in [1.54, 1.807) is 0 Å². The van der Waals surface area contributed by atoms with Crippen LogP contribution in [0.3, 0.4) is 0 Å². The van der Waals surface area contributed by atoms with Crippen LogP contribution in [0.4, 0.5) is 0 Å². The molecule has 1 nitrogen and oxygen atoms in total. The van der Waals surface area contributed by atoms with Crippen LogP contribution in [0.15, 0.2) is 12.1 Å². The van der Waals surface area contributed by atoms with E-state index in [1.165, 1.54) is 16.7 Å². The van der Waals surface area contributed by atoms with Crippen LogP contribution >= 0.6 is 23.4 Å². The van der Waals surface area contributed by atoms with E-state index in [0.717, 1.165) is 16.5 Å². The molecule has 3 heteroatoms. The number of aryl methyl sites for hydroxylation is 1. The van der Waals surface area contributed by atoms with E-state index < -0.39 is 0 Å². The molecule has 1 atom stereocenters. The first-order valence-corrected chi connectivity index (χ1v) is 6.29. The van der Waals surface area contributed by atoms with Crippen LogP contribution < -0.4 is 5.32 Å². The van der Waals surface area contributed by atoms with Gasteiger partial charge < -0.3 is 5.32 Å². The van der Waals surface area contributed by atoms with Crippen molar-refractivity contribution in [1.82, 2.24) is 5.32 Å². The SMILES string of the molecule is CNC1CSCc2c(Cl)cc(C)cc21. The Balaban J connectivity index is 2.51. The minimum Gasteiger partial charge on any atom is -0.312 e. The van der Waals surface area contributed by atoms with Gasteiger partial charge in [-0.15, -0.1) is 0 Å². The first kappa shape index (κ1) is 10.3. The summed E-state index contributed by atoms with van der Waals surface area (Å²) in [6.07, 6.45) is 0. The average molecular weight is 228 g/mol. The van der Waals surface area contributed by atoms with Gasteiger partial charge in [0.1, 0.15) is 0 Å². The van der Waals surface area contributed by atoms with Gasteiger partial charge >= 0.3 is 0 Å². The fraction of sp³-hybridized carbons (Fsp3) is 0.455. The predicted molar refractivity (Wildman–Crippen MR) is 64.2 cm³/mol. The van der Waals surface area contributed by atoms with Crippen molar-refractivity contribution in [2.45, 2.75) is 18.7 Å². The van der Waals surface area contributed by atoms with Crippen LogP contribution in [0.5, 0.6) is 0 Å². The van der Waals surface area contributed by atoms with E-state index in [-0.39, 0.29) is 0 Å². The number of thioether (sulfide) groups is 1. The van der Waals surface area contributed by atoms with Gasteiger partial charge in [0.2, 0.25) is 0 Å². The molecule has 2 rings (SSSR count). The summed E-state index contributed by atoms with van der Waals surface area (Å²) in [6.45, 7) is 2.10. The standard InChI is InChI=1S/C11H14ClNS/c1-7-3-8-9(10(12)4-7)5-14-6-11(8)13-2/h3-4,11,13H,5-6H2,1-2H3. The van der Waals surface area contributed by atoms with Gasteiger partial charge in [-0.3, -0.25) is 0 Å². The van der Waals surface area contributed by atoms with Gasteiger partial charge in [0, 0.05) is 22.6 Å². The Morgan fingerprint density at radius 2 is 2.29 bits per heavy atom. The minimum atomic E-state index is 0.459. The Labute approximate surface area is 94.2 Å². The maximum atomic E-state index is 6.23. The van der Waals surface area contributed by atoms with E-state index in [4.69, 9.17) is 11.6 Å². The van der Waals surface area contributed by atoms with Crippen LogP contribution in [0.25, 0.3) is 0 Å². The van der Waals surface area contributed by atoms with E-state index in [1.807, 2.05) is 18.8 Å². The first-order valence-electron chi connectivity index (χ1n) is 4.76. The average Bonchev–Trinajstić information content (AvgIpc) is 2.17. The molecule has 1 aromatic carbocycles. The molecule has 0 fully saturated rings. The monoisotopic (exact) mass is 227 g/mol. The summed E-state index contributed by atoms with van der Waals surface area (Å²) in [5.74, 6) is 2.19. The zero-order valence-electron chi connectivity index (χ0n) is 8.43. The van der Waals surface area contributed by atoms with Crippen molar-refractivity contribution in [3.8, 4) is 0 Å². The lowest BCUT2D eigenvalue weighted by Gasteiger charge is -2.26. The Kier molecular flexibility index (Phi) is 3.05. The molecule has 0 saturated heterocycles. The van der Waals surface area contributed by atoms with E-state index in [9.17, 15) is 0 Å². The molecule has 0 saturated carbocycles. The molecule has 0 spiro atoms. The Morgan fingerprint density at radius 3 is 3.00 bits per heavy atom. The molecule has 0 aliphatic carbocycles. The summed E-state index contributed by atoms with van der Waals surface area (Å²) in [5, 5.41) is 4.26. The van der Waals surface area contributed by atoms with Crippen molar-refractivity contribution in [3.05, 3.63) is 33.8 Å². The van der Waals surface area contributed by atoms with Crippen LogP contribution in [0, 0.1) is 6.92 Å². The highest BCUT2D eigenvalue weighted by atomic mass is 35.5. The number of rotatable bonds is 1. The highest BCUT2D eigenvalue weighted by Gasteiger charge is 2.21. The Morgan fingerprint density at radius 1 is 1.50 bits per heavy atom. The summed E-state index contributed by atoms with van der Waals surface area (Å²) >= 11 is 8.17. The van der Waals surface area contributed by atoms with Gasteiger partial charge in [-0.05, 0) is 36.7 Å². The molecule has 1 aliphatic heterocycles. The maximum Gasteiger partial charge on any atom is 0.0452 e. The second-order valence-corrected chi connectivity index (χ2v) is 5.11. The van der Waals surface area contributed by atoms with Gasteiger partial charge in [-0.2, -0.15) is 11.8 Å². The van der Waals surface area contributed by atoms with Crippen LogP contribution in [0.2, 0.25) is 5.02 Å². The largest absolute Gasteiger partial charge is 0.312 e. The lowest BCUT2D eigenvalue weighted by atomic mass is 9.99. The second-order valence-electron chi connectivity index (χ2n) is 3.67. The number of benzene rings is 1. The fourth-order valence-electron chi connectivity index (χ4n) is 1.87. The molecule has 1 unspecified atom stereocenters. The van der Waals surface area contributed by atoms with E-state index in [0.29, 0.717) is 6.04 Å². The van der Waals surface area contributed by atoms with Gasteiger partial charge in [0.05, 0.1) is 0 Å². The molecule has 1 heterocycles. The van der Waals surface area contributed by atoms with Gasteiger partial charge in [0.15, 0.2) is 0 Å². The molecule has 0 amide bonds. The van der Waals surface area contributed by atoms with Gasteiger partial charge in [-0.1, -0.05) is 17.7 Å². The van der Waals surface area contributed by atoms with Gasteiger partial charge in [0.25, 0.3) is 0 Å². The number of hydrogen-bond donors (Lipinski definition) is 1. The lowest BCUT2D eigenvalue weighted by Crippen LogP contribution is -2.23. The van der Waals surface area contributed by atoms with Crippen molar-refractivity contribution in [1.29, 1.82) is 0 Å². The minimum absolute atomic E-state index is 0.459. The summed E-state index contributed by atoms with van der Waals surface area (Å²) in [6, 6.07) is 4.77. The quantitative estimate of drug-likeness (QED) is 0.791. The molecule has 1 N–H and O–H groups in total. The molecule has 1 aromatic rings. The molecule has 0 bridgehead atoms. The number of nitrogens with one attached hydrogen (secondary N) is 1. The zero-order valence-corrected chi connectivity index (χ0v) is 10.0. The molecule has 0 aromatic heterocycles. The Bertz CT molecular complexity index is 351. The highest BCUT2D eigenvalue weighted by molar-refractivity contribution is 7.98. The van der Waals surface area contributed by atoms with Crippen LogP contribution in [-0.2, 0) is 5.75 Å². The smallest absolute Gasteiger partial charge is 0.0452 e. The van der Waals surface area contributed by atoms with Crippen LogP contribution in [-0.4, -0.2) is 12.8 Å². The van der Waals surface area contributed by atoms with Crippen LogP contribution in [0.1, 0.15) is 22.7 Å². The second kappa shape index (κ2) is 4.13. The third-order valence-electron chi connectivity index (χ3n) is 2.63. The topological polar surface area (TPSA) is 12.0 Å². The maximum absolute atomic E-state index is 6.23. The number of fused-ring (bicyclic) bond motifs is 1. The lowest BCUT2D eigenvalue weighted by molar-refractivity contribution is 0.650. The summed E-state index contributed by atoms with van der Waals surface area (Å²) in [4.78, 5) is 0. The van der Waals surface area contributed by atoms with Crippen molar-refractivity contribution < 1.29 is 0 Å². The third-order valence-corrected chi connectivity index (χ3v) is 4.03. The summed E-state index contributed by atoms with van der Waals surface area (Å²) < 4.78 is 0. The third kappa shape index (κ3) is 1.79. The fourth-order valence-corrected chi connectivity index (χ4v) is 3.52. The highest BCUT2D eigenvalue weighted by Crippen LogP contribution is 2.36. The molecular weight excluding hydrogens is 214 g/mol. The molecule has 1 aliphatic rings. The summed E-state index contributed by atoms with van der Waals surface area (Å²) in [7, 11) is 2.01. The molecule has 76 valence electrons. The molecule has 14 heavy (non-hydrogen) atoms. The van der Waals surface area contributed by atoms with Gasteiger partial charge in [-0.25, -0.2) is 0 Å². The summed E-state index contributed by atoms with van der Waals surface area (Å²) in [5.41, 5.74) is 3.95. The van der Waals surface area contributed by atoms with Crippen molar-refractivity contribution >= 4 is 23.4 Å². The number of hydrogen-bond acceptors (Lipinski definition) is 2. The first-order chi connectivity index (χ1) is 6.72.